The second-order valence-corrected chi connectivity index (χ2v) is 33.2. The van der Waals surface area contributed by atoms with Crippen LogP contribution in [0.1, 0.15) is 86.9 Å². The lowest BCUT2D eigenvalue weighted by Gasteiger charge is -2.16. The number of aromatic amines is 3. The SMILES string of the molecule is CCS(=O)(=O)c1ccc(C(N)c2nc3c(Cl)c(-c4ccccc4OC(F)(F)F)c(Cl)cc3[nH]2)cc1.CCS(=O)(=O)c1ccc(C(NC(C)=O)c2nc3c(Cl)c(-c4ccccc4OC(F)(F)F)c(Cl)cc3[nH]2)cc1.CCS(=O)(=O)c1ccc(C(NC(C)=O)c2nc3c(Cl)c(-c4ccccc4OC(F)(F)F)c(Cl)cc3[nH]2)cc1. The number of ether oxygens (including phenoxy) is 3. The number of fused-ring (bicyclic) bond motifs is 3. The summed E-state index contributed by atoms with van der Waals surface area (Å²) in [6, 6.07) is 36.4. The number of rotatable bonds is 20. The molecule has 2 amide bonds. The molecule has 38 heteroatoms. The predicted octanol–water partition coefficient (Wildman–Crippen LogP) is 19.2. The molecule has 111 heavy (non-hydrogen) atoms. The molecular weight excluding hydrogens is 1660 g/mol. The molecule has 0 bridgehead atoms. The molecule has 3 atom stereocenters. The monoisotopic (exact) mass is 1710 g/mol. The van der Waals surface area contributed by atoms with E-state index in [1.807, 2.05) is 0 Å². The Hall–Kier alpha value is -9.35. The zero-order valence-electron chi connectivity index (χ0n) is 57.7. The number of H-pyrrole nitrogens is 3. The fourth-order valence-electron chi connectivity index (χ4n) is 11.4. The van der Waals surface area contributed by atoms with E-state index in [1.165, 1.54) is 137 Å². The third kappa shape index (κ3) is 19.6. The summed E-state index contributed by atoms with van der Waals surface area (Å²) in [4.78, 5) is 47.1. The highest BCUT2D eigenvalue weighted by molar-refractivity contribution is 7.92. The van der Waals surface area contributed by atoms with Gasteiger partial charge in [0, 0.05) is 47.2 Å². The van der Waals surface area contributed by atoms with Gasteiger partial charge in [0.2, 0.25) is 11.8 Å². The summed E-state index contributed by atoms with van der Waals surface area (Å²) < 4.78 is 202. The molecule has 0 spiro atoms. The molecule has 0 saturated carbocycles. The average molecular weight is 1720 g/mol. The van der Waals surface area contributed by atoms with Gasteiger partial charge in [-0.1, -0.05) is 181 Å². The number of imidazole rings is 3. The number of nitrogens with one attached hydrogen (secondary N) is 5. The van der Waals surface area contributed by atoms with Crippen LogP contribution in [0.25, 0.3) is 66.5 Å². The van der Waals surface area contributed by atoms with Gasteiger partial charge in [0.25, 0.3) is 0 Å². The molecule has 12 rings (SSSR count). The number of hydrogen-bond donors (Lipinski definition) is 6. The summed E-state index contributed by atoms with van der Waals surface area (Å²) >= 11 is 39.1. The number of nitrogens with two attached hydrogens (primary N) is 1. The Balaban J connectivity index is 0.000000177. The summed E-state index contributed by atoms with van der Waals surface area (Å²) in [6.45, 7) is 7.25. The average Bonchev–Trinajstić information content (AvgIpc) is 1.66. The number of hydrogen-bond acceptors (Lipinski definition) is 15. The van der Waals surface area contributed by atoms with Crippen molar-refractivity contribution >= 4 is 144 Å². The molecule has 0 aliphatic carbocycles. The van der Waals surface area contributed by atoms with Gasteiger partial charge in [-0.2, -0.15) is 0 Å². The molecule has 0 fully saturated rings. The van der Waals surface area contributed by atoms with Crippen molar-refractivity contribution in [1.82, 2.24) is 40.5 Å². The first-order chi connectivity index (χ1) is 52.0. The number of nitrogens with zero attached hydrogens (tertiary/aromatic N) is 3. The molecule has 0 saturated heterocycles. The second-order valence-electron chi connectivity index (χ2n) is 24.0. The number of halogens is 15. The van der Waals surface area contributed by atoms with Crippen LogP contribution in [-0.4, -0.2) is 103 Å². The number of alkyl halides is 9. The first-order valence-electron chi connectivity index (χ1n) is 32.5. The van der Waals surface area contributed by atoms with Crippen LogP contribution in [0.2, 0.25) is 30.1 Å². The van der Waals surface area contributed by atoms with E-state index in [-0.39, 0.29) is 135 Å². The van der Waals surface area contributed by atoms with E-state index in [9.17, 15) is 74.4 Å². The second kappa shape index (κ2) is 33.5. The van der Waals surface area contributed by atoms with Gasteiger partial charge in [-0.3, -0.25) is 9.59 Å². The Morgan fingerprint density at radius 3 is 0.928 bits per heavy atom. The molecule has 20 nitrogen and oxygen atoms in total. The number of carbonyl (C=O) groups excluding carboxylic acids is 2. The molecule has 0 radical (unpaired) electrons. The number of aromatic nitrogens is 6. The number of amides is 2. The van der Waals surface area contributed by atoms with Gasteiger partial charge < -0.3 is 45.5 Å². The number of para-hydroxylation sites is 3. The van der Waals surface area contributed by atoms with Gasteiger partial charge in [0.05, 0.1) is 84.7 Å². The van der Waals surface area contributed by atoms with E-state index >= 15 is 0 Å². The van der Waals surface area contributed by atoms with Crippen molar-refractivity contribution in [3.63, 3.8) is 0 Å². The van der Waals surface area contributed by atoms with Crippen LogP contribution in [0, 0.1) is 0 Å². The topological polar surface area (TPSA) is 300 Å². The Morgan fingerprint density at radius 2 is 0.667 bits per heavy atom. The molecule has 3 aromatic heterocycles. The molecular formula is C73H58Cl6F9N9O11S3. The summed E-state index contributed by atoms with van der Waals surface area (Å²) in [5, 5.41) is 5.64. The summed E-state index contributed by atoms with van der Waals surface area (Å²) in [6.07, 6.45) is -14.8. The van der Waals surface area contributed by atoms with Crippen LogP contribution in [0.5, 0.6) is 17.2 Å². The number of sulfone groups is 3. The lowest BCUT2D eigenvalue weighted by Crippen LogP contribution is -2.27. The van der Waals surface area contributed by atoms with E-state index in [0.29, 0.717) is 39.1 Å². The van der Waals surface area contributed by atoms with Crippen LogP contribution in [0.3, 0.4) is 0 Å². The third-order valence-corrected chi connectivity index (χ3v) is 23.9. The molecule has 9 aromatic carbocycles. The molecule has 0 aliphatic heterocycles. The van der Waals surface area contributed by atoms with E-state index < -0.39 is 84.0 Å². The fraction of sp³-hybridized carbons (Fsp3) is 0.192. The summed E-state index contributed by atoms with van der Waals surface area (Å²) in [5.41, 5.74) is 10.2. The van der Waals surface area contributed by atoms with Gasteiger partial charge >= 0.3 is 19.1 Å². The van der Waals surface area contributed by atoms with Crippen molar-refractivity contribution in [3.05, 3.63) is 228 Å². The Kier molecular flexibility index (Phi) is 25.4. The highest BCUT2D eigenvalue weighted by Crippen LogP contribution is 2.48. The lowest BCUT2D eigenvalue weighted by atomic mass is 10.0. The summed E-state index contributed by atoms with van der Waals surface area (Å²) in [7, 11) is -10.2. The highest BCUT2D eigenvalue weighted by atomic mass is 35.5. The van der Waals surface area contributed by atoms with E-state index in [4.69, 9.17) is 75.3 Å². The van der Waals surface area contributed by atoms with Crippen LogP contribution >= 0.6 is 69.6 Å². The van der Waals surface area contributed by atoms with Crippen molar-refractivity contribution < 1.29 is 88.6 Å². The lowest BCUT2D eigenvalue weighted by molar-refractivity contribution is -0.275. The Morgan fingerprint density at radius 1 is 0.414 bits per heavy atom. The smallest absolute Gasteiger partial charge is 0.405 e. The van der Waals surface area contributed by atoms with Gasteiger partial charge in [0.1, 0.15) is 63.4 Å². The van der Waals surface area contributed by atoms with Crippen molar-refractivity contribution in [2.24, 2.45) is 5.73 Å². The molecule has 12 aromatic rings. The molecule has 0 aliphatic rings. The van der Waals surface area contributed by atoms with Gasteiger partial charge in [0.15, 0.2) is 29.5 Å². The van der Waals surface area contributed by atoms with Crippen molar-refractivity contribution in [2.45, 2.75) is 86.5 Å². The van der Waals surface area contributed by atoms with Crippen LogP contribution in [-0.2, 0) is 39.1 Å². The van der Waals surface area contributed by atoms with Crippen LogP contribution < -0.4 is 30.6 Å². The maximum absolute atomic E-state index is 13.0. The van der Waals surface area contributed by atoms with Gasteiger partial charge in [-0.15, -0.1) is 39.5 Å². The molecule has 584 valence electrons. The van der Waals surface area contributed by atoms with Crippen LogP contribution in [0.4, 0.5) is 39.5 Å². The first kappa shape index (κ1) is 84.1. The van der Waals surface area contributed by atoms with Crippen LogP contribution in [0.15, 0.2) is 178 Å². The normalized spacial score (nSPS) is 13.0. The minimum atomic E-state index is -4.93. The summed E-state index contributed by atoms with van der Waals surface area (Å²) in [5.74, 6) is -1.57. The Bertz CT molecular complexity index is 5640. The first-order valence-corrected chi connectivity index (χ1v) is 39.7. The quantitative estimate of drug-likeness (QED) is 0.0387. The van der Waals surface area contributed by atoms with Crippen molar-refractivity contribution in [2.75, 3.05) is 17.3 Å². The molecule has 3 heterocycles. The zero-order valence-corrected chi connectivity index (χ0v) is 64.7. The fourth-order valence-corrected chi connectivity index (χ4v) is 16.2. The minimum absolute atomic E-state index is 0.0115. The number of carbonyl (C=O) groups is 2. The standard InChI is InChI=1S/2C25H20Cl2F3N3O4S.C23H18Cl2F3N3O3S/c2*1-3-38(35,36)15-10-8-14(9-11-15)22(31-13(2)34)24-32-18-12-17(26)20(21(27)23(18)33-24)16-6-4-5-7-19(16)37-25(28,29)30;1-2-35(32,33)13-9-7-12(8-10-13)20(29)22-30-16-11-15(24)18(19(25)21(16)31-22)14-5-3-4-6-17(14)34-23(26,27)28/h2*4-12,22H,3H2,1-2H3,(H,31,34)(H,32,33);3-11,20H,2,29H2,1H3,(H,30,31). The minimum Gasteiger partial charge on any atom is -0.405 e. The largest absolute Gasteiger partial charge is 0.573 e. The predicted molar refractivity (Wildman–Crippen MR) is 405 cm³/mol. The maximum Gasteiger partial charge on any atom is 0.573 e. The molecule has 3 unspecified atom stereocenters. The number of benzene rings is 9. The zero-order chi connectivity index (χ0) is 81.2. The Labute approximate surface area is 656 Å². The van der Waals surface area contributed by atoms with Crippen molar-refractivity contribution in [1.29, 1.82) is 0 Å². The van der Waals surface area contributed by atoms with E-state index in [2.05, 4.69) is 54.7 Å². The van der Waals surface area contributed by atoms with Crippen molar-refractivity contribution in [3.8, 4) is 50.6 Å². The highest BCUT2D eigenvalue weighted by Gasteiger charge is 2.37. The maximum atomic E-state index is 13.0. The molecule has 7 N–H and O–H groups in total. The van der Waals surface area contributed by atoms with Gasteiger partial charge in [-0.25, -0.2) is 40.2 Å². The third-order valence-electron chi connectivity index (χ3n) is 16.6. The van der Waals surface area contributed by atoms with Gasteiger partial charge in [-0.05, 0) is 89.5 Å². The van der Waals surface area contributed by atoms with E-state index in [0.717, 1.165) is 18.2 Å². The van der Waals surface area contributed by atoms with E-state index in [1.54, 1.807) is 43.3 Å².